The van der Waals surface area contributed by atoms with Crippen molar-refractivity contribution in [3.63, 3.8) is 0 Å². The highest BCUT2D eigenvalue weighted by atomic mass is 16.5. The smallest absolute Gasteiger partial charge is 0.333 e. The molecule has 3 nitrogen and oxygen atoms in total. The summed E-state index contributed by atoms with van der Waals surface area (Å²) in [5.74, 6) is -0.419. The summed E-state index contributed by atoms with van der Waals surface area (Å²) < 4.78 is 5.39. The summed E-state index contributed by atoms with van der Waals surface area (Å²) in [4.78, 5) is 11.1. The molecule has 0 unspecified atom stereocenters. The first-order chi connectivity index (χ1) is 8.40. The van der Waals surface area contributed by atoms with Crippen LogP contribution in [0.1, 0.15) is 44.7 Å². The van der Waals surface area contributed by atoms with Gasteiger partial charge in [-0.2, -0.15) is 0 Å². The average Bonchev–Trinajstić information content (AvgIpc) is 2.28. The Morgan fingerprint density at radius 2 is 1.72 bits per heavy atom. The van der Waals surface area contributed by atoms with Gasteiger partial charge in [-0.3, -0.25) is 0 Å². The van der Waals surface area contributed by atoms with Crippen molar-refractivity contribution in [1.82, 2.24) is 0 Å². The third-order valence-corrected chi connectivity index (χ3v) is 2.78. The molecule has 0 amide bonds. The van der Waals surface area contributed by atoms with Gasteiger partial charge in [-0.1, -0.05) is 38.1 Å². The molecular formula is C15H22O3. The molecule has 0 bridgehead atoms. The zero-order valence-corrected chi connectivity index (χ0v) is 11.5. The maximum Gasteiger partial charge on any atom is 0.333 e. The Hall–Kier alpha value is -1.35. The van der Waals surface area contributed by atoms with Crippen molar-refractivity contribution in [2.24, 2.45) is 0 Å². The predicted molar refractivity (Wildman–Crippen MR) is 71.9 cm³/mol. The Balaban J connectivity index is 2.72. The normalized spacial score (nSPS) is 13.0. The molecule has 1 rings (SSSR count). The minimum atomic E-state index is -0.906. The van der Waals surface area contributed by atoms with Crippen LogP contribution in [0.4, 0.5) is 0 Å². The molecule has 0 fully saturated rings. The molecule has 0 heterocycles. The van der Waals surface area contributed by atoms with Gasteiger partial charge in [0.1, 0.15) is 0 Å². The number of rotatable bonds is 6. The predicted octanol–water partition coefficient (Wildman–Crippen LogP) is 3.23. The summed E-state index contributed by atoms with van der Waals surface area (Å²) in [6, 6.07) is 8.06. The number of carboxylic acid groups (broad SMARTS) is 1. The molecular weight excluding hydrogens is 228 g/mol. The van der Waals surface area contributed by atoms with Gasteiger partial charge < -0.3 is 9.84 Å². The van der Waals surface area contributed by atoms with Crippen molar-refractivity contribution in [2.75, 3.05) is 0 Å². The van der Waals surface area contributed by atoms with Gasteiger partial charge in [0.15, 0.2) is 6.10 Å². The second-order valence-corrected chi connectivity index (χ2v) is 5.11. The lowest BCUT2D eigenvalue weighted by atomic mass is 10.00. The van der Waals surface area contributed by atoms with E-state index in [4.69, 9.17) is 9.84 Å². The summed E-state index contributed by atoms with van der Waals surface area (Å²) in [6.45, 7) is 7.96. The zero-order chi connectivity index (χ0) is 13.7. The third-order valence-electron chi connectivity index (χ3n) is 2.78. The highest BCUT2D eigenvalue weighted by Crippen LogP contribution is 2.16. The van der Waals surface area contributed by atoms with E-state index < -0.39 is 12.1 Å². The van der Waals surface area contributed by atoms with Crippen LogP contribution in [0.25, 0.3) is 0 Å². The Labute approximate surface area is 109 Å². The van der Waals surface area contributed by atoms with Crippen molar-refractivity contribution in [3.05, 3.63) is 35.4 Å². The van der Waals surface area contributed by atoms with E-state index in [2.05, 4.69) is 13.8 Å². The first kappa shape index (κ1) is 14.7. The second kappa shape index (κ2) is 6.55. The topological polar surface area (TPSA) is 46.5 Å². The summed E-state index contributed by atoms with van der Waals surface area (Å²) in [5, 5.41) is 9.10. The molecule has 0 saturated heterocycles. The van der Waals surface area contributed by atoms with Gasteiger partial charge >= 0.3 is 5.97 Å². The molecule has 3 heteroatoms. The van der Waals surface area contributed by atoms with Crippen molar-refractivity contribution in [2.45, 2.75) is 52.2 Å². The highest BCUT2D eigenvalue weighted by molar-refractivity contribution is 5.72. The van der Waals surface area contributed by atoms with Crippen LogP contribution in [0, 0.1) is 0 Å². The number of carbonyl (C=O) groups is 1. The fourth-order valence-electron chi connectivity index (χ4n) is 1.77. The third kappa shape index (κ3) is 4.49. The summed E-state index contributed by atoms with van der Waals surface area (Å²) in [5.41, 5.74) is 2.25. The molecule has 1 aromatic rings. The molecule has 0 aliphatic heterocycles. The van der Waals surface area contributed by atoms with Crippen LogP contribution in [0.5, 0.6) is 0 Å². The van der Waals surface area contributed by atoms with Crippen LogP contribution < -0.4 is 0 Å². The van der Waals surface area contributed by atoms with Crippen LogP contribution in [-0.2, 0) is 16.0 Å². The van der Waals surface area contributed by atoms with Gasteiger partial charge in [-0.15, -0.1) is 0 Å². The number of benzene rings is 1. The largest absolute Gasteiger partial charge is 0.479 e. The molecule has 1 atom stereocenters. The highest BCUT2D eigenvalue weighted by Gasteiger charge is 2.19. The molecule has 0 aromatic heterocycles. The van der Waals surface area contributed by atoms with Crippen LogP contribution in [0.3, 0.4) is 0 Å². The first-order valence-corrected chi connectivity index (χ1v) is 6.37. The van der Waals surface area contributed by atoms with E-state index in [0.717, 1.165) is 5.56 Å². The van der Waals surface area contributed by atoms with E-state index in [9.17, 15) is 4.79 Å². The van der Waals surface area contributed by atoms with Gasteiger partial charge in [0.2, 0.25) is 0 Å². The van der Waals surface area contributed by atoms with Gasteiger partial charge in [-0.25, -0.2) is 4.79 Å². The number of aliphatic carboxylic acids is 1. The molecule has 0 aliphatic rings. The lowest BCUT2D eigenvalue weighted by Crippen LogP contribution is -2.29. The molecule has 18 heavy (non-hydrogen) atoms. The molecule has 1 aromatic carbocycles. The van der Waals surface area contributed by atoms with Crippen LogP contribution >= 0.6 is 0 Å². The lowest BCUT2D eigenvalue weighted by molar-refractivity contribution is -0.153. The Morgan fingerprint density at radius 1 is 1.17 bits per heavy atom. The van der Waals surface area contributed by atoms with Crippen molar-refractivity contribution in [1.29, 1.82) is 0 Å². The number of hydrogen-bond donors (Lipinski definition) is 1. The van der Waals surface area contributed by atoms with Gasteiger partial charge in [0.05, 0.1) is 6.10 Å². The fourth-order valence-corrected chi connectivity index (χ4v) is 1.77. The number of hydrogen-bond acceptors (Lipinski definition) is 2. The first-order valence-electron chi connectivity index (χ1n) is 6.37. The van der Waals surface area contributed by atoms with E-state index >= 15 is 0 Å². The minimum Gasteiger partial charge on any atom is -0.479 e. The van der Waals surface area contributed by atoms with Crippen molar-refractivity contribution in [3.8, 4) is 0 Å². The number of ether oxygens (including phenoxy) is 1. The number of carboxylic acids is 1. The second-order valence-electron chi connectivity index (χ2n) is 5.11. The summed E-state index contributed by atoms with van der Waals surface area (Å²) in [7, 11) is 0. The van der Waals surface area contributed by atoms with Crippen LogP contribution in [0.2, 0.25) is 0 Å². The van der Waals surface area contributed by atoms with E-state index in [1.807, 2.05) is 38.1 Å². The Kier molecular flexibility index (Phi) is 5.35. The maximum absolute atomic E-state index is 11.1. The zero-order valence-electron chi connectivity index (χ0n) is 11.5. The molecule has 0 saturated carbocycles. The monoisotopic (exact) mass is 250 g/mol. The van der Waals surface area contributed by atoms with Gasteiger partial charge in [-0.05, 0) is 30.9 Å². The summed E-state index contributed by atoms with van der Waals surface area (Å²) >= 11 is 0. The molecule has 100 valence electrons. The maximum atomic E-state index is 11.1. The van der Waals surface area contributed by atoms with Gasteiger partial charge in [0, 0.05) is 6.42 Å². The quantitative estimate of drug-likeness (QED) is 0.843. The Bertz CT molecular complexity index is 379. The van der Waals surface area contributed by atoms with E-state index in [0.29, 0.717) is 12.3 Å². The van der Waals surface area contributed by atoms with E-state index in [1.165, 1.54) is 5.56 Å². The lowest BCUT2D eigenvalue weighted by Gasteiger charge is -2.16. The molecule has 0 radical (unpaired) electrons. The van der Waals surface area contributed by atoms with Crippen LogP contribution in [0.15, 0.2) is 24.3 Å². The fraction of sp³-hybridized carbons (Fsp3) is 0.533. The van der Waals surface area contributed by atoms with E-state index in [1.54, 1.807) is 0 Å². The Morgan fingerprint density at radius 3 is 2.11 bits per heavy atom. The van der Waals surface area contributed by atoms with Gasteiger partial charge in [0.25, 0.3) is 0 Å². The standard InChI is InChI=1S/C15H22O3/c1-10(2)13-7-5-12(6-8-13)9-14(15(16)17)18-11(3)4/h5-8,10-11,14H,9H2,1-4H3,(H,16,17)/t14-/m0/s1. The van der Waals surface area contributed by atoms with Crippen molar-refractivity contribution >= 4 is 5.97 Å². The molecule has 1 N–H and O–H groups in total. The minimum absolute atomic E-state index is 0.0824. The molecule has 0 spiro atoms. The average molecular weight is 250 g/mol. The molecule has 0 aliphatic carbocycles. The van der Waals surface area contributed by atoms with Crippen LogP contribution in [-0.4, -0.2) is 23.3 Å². The van der Waals surface area contributed by atoms with Crippen molar-refractivity contribution < 1.29 is 14.6 Å². The summed E-state index contributed by atoms with van der Waals surface area (Å²) in [6.07, 6.45) is -0.442. The SMILES string of the molecule is CC(C)O[C@@H](Cc1ccc(C(C)C)cc1)C(=O)O. The van der Waals surface area contributed by atoms with E-state index in [-0.39, 0.29) is 6.10 Å².